The van der Waals surface area contributed by atoms with Crippen molar-refractivity contribution in [2.45, 2.75) is 18.4 Å². The van der Waals surface area contributed by atoms with E-state index in [1.807, 2.05) is 0 Å². The molecule has 2 N–H and O–H groups in total. The molecule has 74 valence electrons. The van der Waals surface area contributed by atoms with Gasteiger partial charge in [-0.15, -0.1) is 0 Å². The molecule has 2 aliphatic heterocycles. The van der Waals surface area contributed by atoms with Gasteiger partial charge in [-0.3, -0.25) is 0 Å². The third-order valence-electron chi connectivity index (χ3n) is 3.26. The lowest BCUT2D eigenvalue weighted by Gasteiger charge is -2.26. The van der Waals surface area contributed by atoms with Crippen LogP contribution < -0.4 is 10.6 Å². The Morgan fingerprint density at radius 2 is 2.29 bits per heavy atom. The van der Waals surface area contributed by atoms with Crippen LogP contribution in [0.25, 0.3) is 0 Å². The van der Waals surface area contributed by atoms with Gasteiger partial charge in [0, 0.05) is 23.0 Å². The number of benzene rings is 1. The second kappa shape index (κ2) is 3.24. The van der Waals surface area contributed by atoms with Crippen molar-refractivity contribution in [2.24, 2.45) is 0 Å². The Balaban J connectivity index is 2.05. The van der Waals surface area contributed by atoms with Crippen molar-refractivity contribution < 1.29 is 0 Å². The molecule has 1 aromatic carbocycles. The van der Waals surface area contributed by atoms with E-state index in [2.05, 4.69) is 44.8 Å². The molecule has 1 fully saturated rings. The Hall–Kier alpha value is -0.540. The van der Waals surface area contributed by atoms with Gasteiger partial charge in [0.1, 0.15) is 0 Å². The highest BCUT2D eigenvalue weighted by Gasteiger charge is 2.34. The number of hydrogen-bond donors (Lipinski definition) is 2. The van der Waals surface area contributed by atoms with E-state index in [-0.39, 0.29) is 0 Å². The first-order chi connectivity index (χ1) is 6.86. The summed E-state index contributed by atoms with van der Waals surface area (Å²) in [7, 11) is 0. The minimum Gasteiger partial charge on any atom is -0.380 e. The van der Waals surface area contributed by atoms with E-state index in [4.69, 9.17) is 0 Å². The maximum atomic E-state index is 3.62. The van der Waals surface area contributed by atoms with Gasteiger partial charge in [0.25, 0.3) is 0 Å². The molecule has 0 bridgehead atoms. The second-order valence-corrected chi connectivity index (χ2v) is 4.91. The lowest BCUT2D eigenvalue weighted by molar-refractivity contribution is 0.440. The summed E-state index contributed by atoms with van der Waals surface area (Å²) in [5.74, 6) is 0.663. The monoisotopic (exact) mass is 252 g/mol. The van der Waals surface area contributed by atoms with Crippen molar-refractivity contribution in [3.05, 3.63) is 28.2 Å². The first kappa shape index (κ1) is 8.74. The summed E-state index contributed by atoms with van der Waals surface area (Å²) >= 11 is 3.60. The molecule has 0 amide bonds. The lowest BCUT2D eigenvalue weighted by Crippen LogP contribution is -2.38. The highest BCUT2D eigenvalue weighted by molar-refractivity contribution is 9.10. The Bertz CT molecular complexity index is 364. The van der Waals surface area contributed by atoms with Gasteiger partial charge in [0.15, 0.2) is 0 Å². The maximum Gasteiger partial charge on any atom is 0.0523 e. The quantitative estimate of drug-likeness (QED) is 0.741. The largest absolute Gasteiger partial charge is 0.380 e. The molecule has 0 radical (unpaired) electrons. The summed E-state index contributed by atoms with van der Waals surface area (Å²) in [5.41, 5.74) is 2.78. The fraction of sp³-hybridized carbons (Fsp3) is 0.455. The predicted octanol–water partition coefficient (Wildman–Crippen LogP) is 2.32. The average molecular weight is 253 g/mol. The molecule has 1 aromatic rings. The fourth-order valence-corrected chi connectivity index (χ4v) is 3.04. The molecule has 1 saturated heterocycles. The van der Waals surface area contributed by atoms with Gasteiger partial charge < -0.3 is 10.6 Å². The van der Waals surface area contributed by atoms with Gasteiger partial charge in [-0.05, 0) is 40.5 Å². The smallest absolute Gasteiger partial charge is 0.0523 e. The highest BCUT2D eigenvalue weighted by Crippen LogP contribution is 2.41. The van der Waals surface area contributed by atoms with E-state index in [1.165, 1.54) is 22.1 Å². The van der Waals surface area contributed by atoms with Gasteiger partial charge in [-0.2, -0.15) is 0 Å². The van der Waals surface area contributed by atoms with Crippen molar-refractivity contribution in [1.29, 1.82) is 0 Å². The van der Waals surface area contributed by atoms with Crippen molar-refractivity contribution in [3.8, 4) is 0 Å². The number of fused-ring (bicyclic) bond motifs is 3. The standard InChI is InChI=1S/C11H13BrN2/c12-9-3-1-2-7-8-6-13-5-4-10(8)14-11(7)9/h1-3,8,10,13-14H,4-6H2/t8?,10-/m0/s1. The minimum atomic E-state index is 0.643. The van der Waals surface area contributed by atoms with E-state index < -0.39 is 0 Å². The summed E-state index contributed by atoms with van der Waals surface area (Å²) < 4.78 is 1.20. The topological polar surface area (TPSA) is 24.1 Å². The van der Waals surface area contributed by atoms with Crippen molar-refractivity contribution in [2.75, 3.05) is 18.4 Å². The van der Waals surface area contributed by atoms with Crippen LogP contribution in [0, 0.1) is 0 Å². The third-order valence-corrected chi connectivity index (χ3v) is 3.92. The zero-order chi connectivity index (χ0) is 9.54. The van der Waals surface area contributed by atoms with Crippen LogP contribution >= 0.6 is 15.9 Å². The number of para-hydroxylation sites is 1. The number of rotatable bonds is 0. The van der Waals surface area contributed by atoms with E-state index in [9.17, 15) is 0 Å². The zero-order valence-electron chi connectivity index (χ0n) is 7.89. The van der Waals surface area contributed by atoms with Gasteiger partial charge >= 0.3 is 0 Å². The van der Waals surface area contributed by atoms with E-state index in [0.29, 0.717) is 12.0 Å². The Labute approximate surface area is 92.2 Å². The molecule has 2 aliphatic rings. The van der Waals surface area contributed by atoms with Crippen molar-refractivity contribution >= 4 is 21.6 Å². The average Bonchev–Trinajstić information content (AvgIpc) is 2.59. The number of anilines is 1. The maximum absolute atomic E-state index is 3.62. The highest BCUT2D eigenvalue weighted by atomic mass is 79.9. The molecule has 3 rings (SSSR count). The summed E-state index contributed by atoms with van der Waals surface area (Å²) in [6.45, 7) is 2.25. The molecule has 2 atom stereocenters. The van der Waals surface area contributed by atoms with Gasteiger partial charge in [-0.25, -0.2) is 0 Å². The Morgan fingerprint density at radius 1 is 1.36 bits per heavy atom. The SMILES string of the molecule is Brc1cccc2c1N[C@H]1CCNCC21. The van der Waals surface area contributed by atoms with Crippen LogP contribution in [0.4, 0.5) is 5.69 Å². The van der Waals surface area contributed by atoms with E-state index >= 15 is 0 Å². The first-order valence-electron chi connectivity index (χ1n) is 5.12. The van der Waals surface area contributed by atoms with Gasteiger partial charge in [-0.1, -0.05) is 12.1 Å². The zero-order valence-corrected chi connectivity index (χ0v) is 9.47. The van der Waals surface area contributed by atoms with Crippen LogP contribution in [0.3, 0.4) is 0 Å². The van der Waals surface area contributed by atoms with E-state index in [1.54, 1.807) is 0 Å². The van der Waals surface area contributed by atoms with Crippen LogP contribution in [0.2, 0.25) is 0 Å². The van der Waals surface area contributed by atoms with Gasteiger partial charge in [0.2, 0.25) is 0 Å². The molecule has 0 aliphatic carbocycles. The van der Waals surface area contributed by atoms with Crippen LogP contribution in [0.1, 0.15) is 17.9 Å². The van der Waals surface area contributed by atoms with Crippen molar-refractivity contribution in [3.63, 3.8) is 0 Å². The van der Waals surface area contributed by atoms with Crippen LogP contribution in [0.5, 0.6) is 0 Å². The molecule has 0 spiro atoms. The summed E-state index contributed by atoms with van der Waals surface area (Å²) in [6.07, 6.45) is 1.23. The van der Waals surface area contributed by atoms with Crippen LogP contribution in [-0.4, -0.2) is 19.1 Å². The normalized spacial score (nSPS) is 29.2. The van der Waals surface area contributed by atoms with Gasteiger partial charge in [0.05, 0.1) is 5.69 Å². The molecule has 0 aromatic heterocycles. The summed E-state index contributed by atoms with van der Waals surface area (Å²) in [5, 5.41) is 7.08. The third kappa shape index (κ3) is 1.19. The molecule has 3 heteroatoms. The first-order valence-corrected chi connectivity index (χ1v) is 5.91. The Morgan fingerprint density at radius 3 is 3.21 bits per heavy atom. The number of halogens is 1. The molecular weight excluding hydrogens is 240 g/mol. The predicted molar refractivity (Wildman–Crippen MR) is 61.8 cm³/mol. The second-order valence-electron chi connectivity index (χ2n) is 4.05. The number of nitrogens with one attached hydrogen (secondary N) is 2. The Kier molecular flexibility index (Phi) is 2.03. The fourth-order valence-electron chi connectivity index (χ4n) is 2.55. The van der Waals surface area contributed by atoms with Crippen molar-refractivity contribution in [1.82, 2.24) is 5.32 Å². The lowest BCUT2D eigenvalue weighted by atomic mass is 9.91. The molecule has 2 nitrogen and oxygen atoms in total. The van der Waals surface area contributed by atoms with Crippen LogP contribution in [0.15, 0.2) is 22.7 Å². The van der Waals surface area contributed by atoms with Crippen LogP contribution in [-0.2, 0) is 0 Å². The summed E-state index contributed by atoms with van der Waals surface area (Å²) in [6, 6.07) is 7.12. The molecule has 0 saturated carbocycles. The molecular formula is C11H13BrN2. The molecule has 2 heterocycles. The minimum absolute atomic E-state index is 0.643. The number of hydrogen-bond acceptors (Lipinski definition) is 2. The molecule has 14 heavy (non-hydrogen) atoms. The molecule has 1 unspecified atom stereocenters. The van der Waals surface area contributed by atoms with E-state index in [0.717, 1.165) is 13.1 Å². The number of piperidine rings is 1. The summed E-state index contributed by atoms with van der Waals surface area (Å²) in [4.78, 5) is 0.